The molecule has 1 aromatic carbocycles. The zero-order valence-electron chi connectivity index (χ0n) is 8.82. The molecule has 0 N–H and O–H groups in total. The molecule has 1 rings (SSSR count). The van der Waals surface area contributed by atoms with Crippen LogP contribution in [0.2, 0.25) is 0 Å². The zero-order valence-corrected chi connectivity index (χ0v) is 8.82. The highest BCUT2D eigenvalue weighted by Crippen LogP contribution is 2.13. The summed E-state index contributed by atoms with van der Waals surface area (Å²) in [4.78, 5) is 9.26. The van der Waals surface area contributed by atoms with Crippen LogP contribution in [0, 0.1) is 6.92 Å². The Kier molecular flexibility index (Phi) is 4.43. The van der Waals surface area contributed by atoms with E-state index in [1.165, 1.54) is 12.7 Å². The Morgan fingerprint density at radius 2 is 1.86 bits per heavy atom. The van der Waals surface area contributed by atoms with E-state index in [0.717, 1.165) is 5.75 Å². The Labute approximate surface area is 84.5 Å². The van der Waals surface area contributed by atoms with Crippen LogP contribution in [-0.2, 0) is 9.78 Å². The molecule has 78 valence electrons. The van der Waals surface area contributed by atoms with Gasteiger partial charge < -0.3 is 4.74 Å². The van der Waals surface area contributed by atoms with Gasteiger partial charge in [-0.2, -0.15) is 0 Å². The minimum atomic E-state index is -0.0161. The quantitative estimate of drug-likeness (QED) is 0.534. The molecular formula is C11H16O3. The van der Waals surface area contributed by atoms with Crippen molar-refractivity contribution in [2.45, 2.75) is 20.0 Å². The molecule has 1 unspecified atom stereocenters. The van der Waals surface area contributed by atoms with Crippen LogP contribution in [0.5, 0.6) is 5.75 Å². The van der Waals surface area contributed by atoms with Crippen molar-refractivity contribution in [3.05, 3.63) is 29.8 Å². The van der Waals surface area contributed by atoms with Crippen molar-refractivity contribution in [1.29, 1.82) is 0 Å². The first-order valence-corrected chi connectivity index (χ1v) is 4.61. The number of rotatable bonds is 5. The normalized spacial score (nSPS) is 12.5. The summed E-state index contributed by atoms with van der Waals surface area (Å²) in [5.41, 5.74) is 1.22. The van der Waals surface area contributed by atoms with Crippen molar-refractivity contribution in [2.75, 3.05) is 13.7 Å². The maximum Gasteiger partial charge on any atom is 0.122 e. The topological polar surface area (TPSA) is 27.7 Å². The number of ether oxygens (including phenoxy) is 1. The lowest BCUT2D eigenvalue weighted by Crippen LogP contribution is -2.18. The third kappa shape index (κ3) is 3.77. The first kappa shape index (κ1) is 11.0. The summed E-state index contributed by atoms with van der Waals surface area (Å²) in [7, 11) is 1.48. The smallest absolute Gasteiger partial charge is 0.122 e. The predicted octanol–water partition coefficient (Wildman–Crippen LogP) is 2.34. The SMILES string of the molecule is COOCC(C)Oc1ccc(C)cc1. The molecule has 0 heterocycles. The van der Waals surface area contributed by atoms with Crippen molar-refractivity contribution < 1.29 is 14.5 Å². The van der Waals surface area contributed by atoms with Crippen molar-refractivity contribution in [3.8, 4) is 5.75 Å². The van der Waals surface area contributed by atoms with E-state index in [4.69, 9.17) is 9.62 Å². The van der Waals surface area contributed by atoms with Crippen molar-refractivity contribution >= 4 is 0 Å². The summed E-state index contributed by atoms with van der Waals surface area (Å²) < 4.78 is 5.57. The third-order valence-electron chi connectivity index (χ3n) is 1.78. The fourth-order valence-corrected chi connectivity index (χ4v) is 1.05. The van der Waals surface area contributed by atoms with Gasteiger partial charge in [0.05, 0.1) is 7.11 Å². The molecule has 3 nitrogen and oxygen atoms in total. The Bertz CT molecular complexity index is 256. The van der Waals surface area contributed by atoms with Crippen LogP contribution in [0.25, 0.3) is 0 Å². The predicted molar refractivity (Wildman–Crippen MR) is 54.2 cm³/mol. The lowest BCUT2D eigenvalue weighted by atomic mass is 10.2. The zero-order chi connectivity index (χ0) is 10.4. The maximum absolute atomic E-state index is 5.57. The van der Waals surface area contributed by atoms with E-state index in [1.54, 1.807) is 0 Å². The van der Waals surface area contributed by atoms with Gasteiger partial charge in [0.2, 0.25) is 0 Å². The van der Waals surface area contributed by atoms with Gasteiger partial charge in [-0.3, -0.25) is 0 Å². The minimum Gasteiger partial charge on any atom is -0.488 e. The van der Waals surface area contributed by atoms with Crippen LogP contribution in [0.4, 0.5) is 0 Å². The summed E-state index contributed by atoms with van der Waals surface area (Å²) >= 11 is 0. The highest BCUT2D eigenvalue weighted by atomic mass is 17.2. The molecule has 0 aliphatic heterocycles. The molecule has 0 saturated heterocycles. The molecule has 0 bridgehead atoms. The van der Waals surface area contributed by atoms with Crippen LogP contribution < -0.4 is 4.74 Å². The fraction of sp³-hybridized carbons (Fsp3) is 0.455. The summed E-state index contributed by atoms with van der Waals surface area (Å²) in [6.45, 7) is 4.39. The van der Waals surface area contributed by atoms with Gasteiger partial charge in [-0.25, -0.2) is 9.78 Å². The molecule has 0 saturated carbocycles. The molecule has 0 aromatic heterocycles. The average molecular weight is 196 g/mol. The lowest BCUT2D eigenvalue weighted by Gasteiger charge is -2.13. The summed E-state index contributed by atoms with van der Waals surface area (Å²) in [5, 5.41) is 0. The van der Waals surface area contributed by atoms with Gasteiger partial charge in [-0.1, -0.05) is 17.7 Å². The monoisotopic (exact) mass is 196 g/mol. The second-order valence-corrected chi connectivity index (χ2v) is 3.19. The first-order valence-electron chi connectivity index (χ1n) is 4.61. The van der Waals surface area contributed by atoms with Gasteiger partial charge in [0.1, 0.15) is 18.5 Å². The van der Waals surface area contributed by atoms with Crippen molar-refractivity contribution in [1.82, 2.24) is 0 Å². The Balaban J connectivity index is 2.39. The van der Waals surface area contributed by atoms with Crippen molar-refractivity contribution in [3.63, 3.8) is 0 Å². The van der Waals surface area contributed by atoms with E-state index in [0.29, 0.717) is 6.61 Å². The highest BCUT2D eigenvalue weighted by molar-refractivity contribution is 5.26. The molecule has 0 radical (unpaired) electrons. The van der Waals surface area contributed by atoms with Gasteiger partial charge in [0.25, 0.3) is 0 Å². The van der Waals surface area contributed by atoms with E-state index in [2.05, 4.69) is 4.89 Å². The molecule has 14 heavy (non-hydrogen) atoms. The third-order valence-corrected chi connectivity index (χ3v) is 1.78. The summed E-state index contributed by atoms with van der Waals surface area (Å²) in [6.07, 6.45) is -0.0161. The fourth-order valence-electron chi connectivity index (χ4n) is 1.05. The van der Waals surface area contributed by atoms with Crippen LogP contribution in [0.1, 0.15) is 12.5 Å². The summed E-state index contributed by atoms with van der Waals surface area (Å²) in [6, 6.07) is 7.91. The second kappa shape index (κ2) is 5.62. The van der Waals surface area contributed by atoms with E-state index in [-0.39, 0.29) is 6.10 Å². The Morgan fingerprint density at radius 3 is 2.43 bits per heavy atom. The largest absolute Gasteiger partial charge is 0.488 e. The molecule has 0 aliphatic rings. The van der Waals surface area contributed by atoms with Crippen LogP contribution >= 0.6 is 0 Å². The van der Waals surface area contributed by atoms with Gasteiger partial charge in [-0.15, -0.1) is 0 Å². The number of hydrogen-bond acceptors (Lipinski definition) is 3. The standard InChI is InChI=1S/C11H16O3/c1-9-4-6-11(7-5-9)14-10(2)8-13-12-3/h4-7,10H,8H2,1-3H3. The molecule has 0 fully saturated rings. The molecule has 0 spiro atoms. The van der Waals surface area contributed by atoms with E-state index in [9.17, 15) is 0 Å². The average Bonchev–Trinajstić information content (AvgIpc) is 2.18. The molecule has 0 amide bonds. The molecule has 3 heteroatoms. The minimum absolute atomic E-state index is 0.0161. The number of aryl methyl sites for hydroxylation is 1. The van der Waals surface area contributed by atoms with Gasteiger partial charge in [-0.05, 0) is 26.0 Å². The van der Waals surface area contributed by atoms with Crippen LogP contribution in [0.15, 0.2) is 24.3 Å². The first-order chi connectivity index (χ1) is 6.72. The number of hydrogen-bond donors (Lipinski definition) is 0. The second-order valence-electron chi connectivity index (χ2n) is 3.19. The maximum atomic E-state index is 5.57. The van der Waals surface area contributed by atoms with Gasteiger partial charge in [0, 0.05) is 0 Å². The van der Waals surface area contributed by atoms with Crippen LogP contribution in [-0.4, -0.2) is 19.8 Å². The van der Waals surface area contributed by atoms with Crippen molar-refractivity contribution in [2.24, 2.45) is 0 Å². The molecule has 1 aromatic rings. The molecule has 0 aliphatic carbocycles. The number of benzene rings is 1. The van der Waals surface area contributed by atoms with E-state index in [1.807, 2.05) is 38.1 Å². The lowest BCUT2D eigenvalue weighted by molar-refractivity contribution is -0.281. The van der Waals surface area contributed by atoms with Gasteiger partial charge >= 0.3 is 0 Å². The van der Waals surface area contributed by atoms with Gasteiger partial charge in [0.15, 0.2) is 0 Å². The Hall–Kier alpha value is -1.06. The summed E-state index contributed by atoms with van der Waals surface area (Å²) in [5.74, 6) is 0.850. The Morgan fingerprint density at radius 1 is 1.21 bits per heavy atom. The highest BCUT2D eigenvalue weighted by Gasteiger charge is 2.03. The molecular weight excluding hydrogens is 180 g/mol. The van der Waals surface area contributed by atoms with E-state index >= 15 is 0 Å². The van der Waals surface area contributed by atoms with E-state index < -0.39 is 0 Å². The van der Waals surface area contributed by atoms with Crippen LogP contribution in [0.3, 0.4) is 0 Å². The molecule has 1 atom stereocenters.